The van der Waals surface area contributed by atoms with Crippen LogP contribution in [0.3, 0.4) is 0 Å². The Labute approximate surface area is 704 Å². The van der Waals surface area contributed by atoms with E-state index in [0.29, 0.717) is 38.5 Å². The van der Waals surface area contributed by atoms with E-state index in [4.69, 9.17) is 42.2 Å². The van der Waals surface area contributed by atoms with Crippen LogP contribution in [0.5, 0.6) is 0 Å². The maximum atomic E-state index is 15.0. The summed E-state index contributed by atoms with van der Waals surface area (Å²) >= 11 is 0. The van der Waals surface area contributed by atoms with Crippen molar-refractivity contribution in [1.29, 1.82) is 0 Å². The molecule has 14 atom stereocenters. The summed E-state index contributed by atoms with van der Waals surface area (Å²) in [5.74, 6) is -5.03. The lowest BCUT2D eigenvalue weighted by Gasteiger charge is -2.47. The normalized spacial score (nSPS) is 20.8. The summed E-state index contributed by atoms with van der Waals surface area (Å²) in [4.78, 5) is 128. The number of esters is 4. The molecule has 29 heteroatoms. The van der Waals surface area contributed by atoms with E-state index in [1.54, 1.807) is 0 Å². The molecule has 2 heterocycles. The third kappa shape index (κ3) is 57.0. The smallest absolute Gasteiger partial charge is 0.462 e. The van der Waals surface area contributed by atoms with Gasteiger partial charge in [0.2, 0.25) is 11.8 Å². The van der Waals surface area contributed by atoms with Gasteiger partial charge in [-0.3, -0.25) is 37.8 Å². The molecular formula is C88H166N2O25P2. The number of phosphoric ester groups is 2. The third-order valence-corrected chi connectivity index (χ3v) is 23.4. The van der Waals surface area contributed by atoms with Crippen molar-refractivity contribution >= 4 is 51.3 Å². The van der Waals surface area contributed by atoms with Crippen LogP contribution in [-0.4, -0.2) is 175 Å². The van der Waals surface area contributed by atoms with E-state index in [-0.39, 0.29) is 38.5 Å². The molecule has 0 aromatic rings. The molecule has 0 aromatic heterocycles. The molecule has 0 spiro atoms. The van der Waals surface area contributed by atoms with Crippen LogP contribution < -0.4 is 10.6 Å². The SMILES string of the molecule is CCCCCCCCCCCC(=O)O[C@H](CCCCCCCCCCC)CC(=O)NC1[C@@H](OP(=O)(O)O)OC(CO[C@@H]2OC(CO)[C@@H](OP(=O)(O)O)[C@H](OC(=O)C[C@H](O)CCCCCCCCC)C2NC(=O)C[C@@H](CCCCCCCCCCC)OC(=O)CCCCCCCCCCC)[C@@H](O)[C@@H]1OC(=O)C[C@H](O)CCCCCCCCC. The number of rotatable bonds is 78. The van der Waals surface area contributed by atoms with Gasteiger partial charge >= 0.3 is 39.5 Å². The monoisotopic (exact) mass is 1710 g/mol. The summed E-state index contributed by atoms with van der Waals surface area (Å²) in [5, 5.41) is 51.5. The van der Waals surface area contributed by atoms with Crippen LogP contribution in [0.4, 0.5) is 0 Å². The number of unbranched alkanes of at least 4 members (excludes halogenated alkanes) is 44. The highest BCUT2D eigenvalue weighted by Gasteiger charge is 2.55. The Balaban J connectivity index is 2.81. The standard InChI is InChI=1S/C88H166N2O25P2/c1-7-13-19-25-31-35-41-47-53-59-71(108-77(96)61-55-49-43-37-33-27-21-15-9-3)65-75(94)89-81-85(112-79(98)63-69(92)57-51-45-39-29-23-17-11-5)83(100)74(111-88(81)115-117(104,105)106)68-107-87-82(86(84(73(67-91)110-87)114-116(101,102)103)113-80(99)64-70(93)58-52-46-40-30-24-18-12-6)90-76(95)66-72(60-54-48-42-36-32-26-20-14-8-2)109-78(97)62-56-50-44-38-34-28-22-16-10-4/h69-74,81-88,91-93,100H,7-68H2,1-6H3,(H,89,94)(H,90,95)(H2,101,102,103)(H2,104,105,106)/t69-,70-,71-,72-,73?,74?,81?,82?,83-,84-,85-,86-,87-,88-/m1/s1. The predicted molar refractivity (Wildman–Crippen MR) is 453 cm³/mol. The van der Waals surface area contributed by atoms with Gasteiger partial charge in [0.15, 0.2) is 24.8 Å². The van der Waals surface area contributed by atoms with Gasteiger partial charge in [0.05, 0.1) is 51.1 Å². The van der Waals surface area contributed by atoms with Crippen molar-refractivity contribution in [3.63, 3.8) is 0 Å². The summed E-state index contributed by atoms with van der Waals surface area (Å²) in [7, 11) is -11.3. The first-order valence-corrected chi connectivity index (χ1v) is 49.8. The Bertz CT molecular complexity index is 2600. The molecule has 2 amide bonds. The van der Waals surface area contributed by atoms with Gasteiger partial charge in [-0.1, -0.05) is 337 Å². The molecule has 117 heavy (non-hydrogen) atoms. The Hall–Kier alpha value is -3.24. The Morgan fingerprint density at radius 3 is 0.966 bits per heavy atom. The molecule has 0 saturated carbocycles. The molecule has 4 unspecified atom stereocenters. The van der Waals surface area contributed by atoms with Crippen LogP contribution in [0.1, 0.15) is 427 Å². The van der Waals surface area contributed by atoms with Crippen molar-refractivity contribution in [2.75, 3.05) is 13.2 Å². The minimum absolute atomic E-state index is 0.0883. The van der Waals surface area contributed by atoms with Crippen LogP contribution in [-0.2, 0) is 80.1 Å². The van der Waals surface area contributed by atoms with Crippen molar-refractivity contribution in [1.82, 2.24) is 10.6 Å². The van der Waals surface area contributed by atoms with Gasteiger partial charge in [-0.25, -0.2) is 9.13 Å². The average Bonchev–Trinajstić information content (AvgIpc) is 0.780. The number of phosphoric acid groups is 2. The van der Waals surface area contributed by atoms with Crippen molar-refractivity contribution in [2.24, 2.45) is 0 Å². The fourth-order valence-corrected chi connectivity index (χ4v) is 16.5. The second-order valence-electron chi connectivity index (χ2n) is 33.4. The lowest BCUT2D eigenvalue weighted by molar-refractivity contribution is -0.296. The summed E-state index contributed by atoms with van der Waals surface area (Å²) in [5.41, 5.74) is 0. The van der Waals surface area contributed by atoms with E-state index in [0.717, 1.165) is 250 Å². The maximum absolute atomic E-state index is 15.0. The maximum Gasteiger partial charge on any atom is 0.472 e. The first-order chi connectivity index (χ1) is 56.3. The van der Waals surface area contributed by atoms with Crippen LogP contribution in [0, 0.1) is 0 Å². The fraction of sp³-hybridized carbons (Fsp3) is 0.932. The van der Waals surface area contributed by atoms with E-state index in [9.17, 15) is 77.9 Å². The van der Waals surface area contributed by atoms with Gasteiger partial charge in [0.1, 0.15) is 48.7 Å². The first-order valence-electron chi connectivity index (χ1n) is 46.7. The van der Waals surface area contributed by atoms with E-state index >= 15 is 0 Å². The lowest BCUT2D eigenvalue weighted by atomic mass is 9.95. The second-order valence-corrected chi connectivity index (χ2v) is 35.8. The Kier molecular flexibility index (Phi) is 65.8. The number of amides is 2. The van der Waals surface area contributed by atoms with E-state index in [1.165, 1.54) is 32.1 Å². The molecule has 10 N–H and O–H groups in total. The van der Waals surface area contributed by atoms with Crippen molar-refractivity contribution in [2.45, 2.75) is 512 Å². The van der Waals surface area contributed by atoms with Gasteiger partial charge in [-0.15, -0.1) is 0 Å². The van der Waals surface area contributed by atoms with Crippen LogP contribution in [0.25, 0.3) is 0 Å². The molecule has 2 fully saturated rings. The third-order valence-electron chi connectivity index (χ3n) is 22.4. The van der Waals surface area contributed by atoms with Gasteiger partial charge in [0.25, 0.3) is 0 Å². The molecule has 2 aliphatic heterocycles. The number of nitrogens with one attached hydrogen (secondary N) is 2. The predicted octanol–water partition coefficient (Wildman–Crippen LogP) is 18.3. The van der Waals surface area contributed by atoms with E-state index < -0.39 is 176 Å². The minimum atomic E-state index is -5.70. The Morgan fingerprint density at radius 2 is 0.641 bits per heavy atom. The highest BCUT2D eigenvalue weighted by Crippen LogP contribution is 2.44. The molecule has 0 aromatic carbocycles. The number of ether oxygens (including phenoxy) is 7. The second kappa shape index (κ2) is 70.1. The molecule has 688 valence electrons. The Morgan fingerprint density at radius 1 is 0.350 bits per heavy atom. The number of aliphatic hydroxyl groups is 4. The molecule has 2 rings (SSSR count). The fourth-order valence-electron chi connectivity index (χ4n) is 15.5. The summed E-state index contributed by atoms with van der Waals surface area (Å²) in [6, 6.07) is -3.86. The number of aliphatic hydroxyl groups excluding tert-OH is 4. The van der Waals surface area contributed by atoms with Gasteiger partial charge in [-0.2, -0.15) is 0 Å². The van der Waals surface area contributed by atoms with Gasteiger partial charge in [0, 0.05) is 12.8 Å². The number of carbonyl (C=O) groups excluding carboxylic acids is 6. The lowest BCUT2D eigenvalue weighted by Crippen LogP contribution is -2.68. The summed E-state index contributed by atoms with van der Waals surface area (Å²) in [6.07, 6.45) is 26.7. The zero-order valence-electron chi connectivity index (χ0n) is 73.3. The molecule has 27 nitrogen and oxygen atoms in total. The largest absolute Gasteiger partial charge is 0.472 e. The molecular weight excluding hydrogens is 1550 g/mol. The average molecular weight is 1710 g/mol. The molecule has 2 saturated heterocycles. The van der Waals surface area contributed by atoms with Crippen molar-refractivity contribution < 1.29 is 120 Å². The topological polar surface area (TPSA) is 406 Å². The van der Waals surface area contributed by atoms with E-state index in [2.05, 4.69) is 52.2 Å². The number of carbonyl (C=O) groups is 6. The number of hydrogen-bond acceptors (Lipinski definition) is 21. The highest BCUT2D eigenvalue weighted by atomic mass is 31.2. The zero-order chi connectivity index (χ0) is 86.2. The quantitative estimate of drug-likeness (QED) is 0.0117. The summed E-state index contributed by atoms with van der Waals surface area (Å²) < 4.78 is 79.5. The molecule has 0 aliphatic carbocycles. The van der Waals surface area contributed by atoms with Crippen LogP contribution >= 0.6 is 15.6 Å². The van der Waals surface area contributed by atoms with Gasteiger partial charge in [-0.05, 0) is 51.4 Å². The minimum Gasteiger partial charge on any atom is -0.462 e. The van der Waals surface area contributed by atoms with Crippen LogP contribution in [0.2, 0.25) is 0 Å². The van der Waals surface area contributed by atoms with Gasteiger partial charge < -0.3 is 83.8 Å². The summed E-state index contributed by atoms with van der Waals surface area (Å²) in [6.45, 7) is 10.8. The van der Waals surface area contributed by atoms with Crippen molar-refractivity contribution in [3.8, 4) is 0 Å². The highest BCUT2D eigenvalue weighted by molar-refractivity contribution is 7.46. The van der Waals surface area contributed by atoms with Crippen molar-refractivity contribution in [3.05, 3.63) is 0 Å². The first kappa shape index (κ1) is 110. The number of hydrogen-bond donors (Lipinski definition) is 10. The van der Waals surface area contributed by atoms with E-state index in [1.807, 2.05) is 0 Å². The molecule has 2 aliphatic rings. The molecule has 0 radical (unpaired) electrons. The van der Waals surface area contributed by atoms with Crippen LogP contribution in [0.15, 0.2) is 0 Å². The zero-order valence-corrected chi connectivity index (χ0v) is 75.1. The molecule has 0 bridgehead atoms.